The number of ether oxygens (including phenoxy) is 2. The molecule has 7 heteroatoms. The molecule has 2 aromatic carbocycles. The van der Waals surface area contributed by atoms with Gasteiger partial charge in [0, 0.05) is 42.6 Å². The van der Waals surface area contributed by atoms with Crippen LogP contribution in [0.1, 0.15) is 54.1 Å². The number of carbonyl (C=O) groups is 2. The smallest absolute Gasteiger partial charge is 0.253 e. The van der Waals surface area contributed by atoms with Crippen molar-refractivity contribution < 1.29 is 19.1 Å². The van der Waals surface area contributed by atoms with Crippen molar-refractivity contribution in [1.82, 2.24) is 9.80 Å². The number of rotatable bonds is 3. The van der Waals surface area contributed by atoms with E-state index >= 15 is 0 Å². The molecule has 6 nitrogen and oxygen atoms in total. The van der Waals surface area contributed by atoms with Crippen molar-refractivity contribution in [2.24, 2.45) is 5.92 Å². The minimum Gasteiger partial charge on any atom is -0.490 e. The Bertz CT molecular complexity index is 1020. The number of nitrogens with zero attached hydrogens (tertiary/aromatic N) is 2. The third-order valence-electron chi connectivity index (χ3n) is 6.91. The third-order valence-corrected chi connectivity index (χ3v) is 7.17. The summed E-state index contributed by atoms with van der Waals surface area (Å²) in [5, 5.41) is 0.615. The molecular formula is C26H29ClN2O4. The molecule has 0 aromatic heterocycles. The summed E-state index contributed by atoms with van der Waals surface area (Å²) in [4.78, 5) is 30.1. The largest absolute Gasteiger partial charge is 0.490 e. The molecular weight excluding hydrogens is 440 g/mol. The van der Waals surface area contributed by atoms with Gasteiger partial charge in [-0.25, -0.2) is 0 Å². The molecule has 2 amide bonds. The number of benzene rings is 2. The van der Waals surface area contributed by atoms with Crippen LogP contribution in [0.3, 0.4) is 0 Å². The summed E-state index contributed by atoms with van der Waals surface area (Å²) in [5.74, 6) is 1.73. The van der Waals surface area contributed by atoms with Gasteiger partial charge >= 0.3 is 0 Å². The van der Waals surface area contributed by atoms with E-state index in [9.17, 15) is 9.59 Å². The molecule has 0 radical (unpaired) electrons. The highest BCUT2D eigenvalue weighted by atomic mass is 35.5. The van der Waals surface area contributed by atoms with E-state index in [2.05, 4.69) is 6.07 Å². The van der Waals surface area contributed by atoms with Gasteiger partial charge < -0.3 is 19.3 Å². The van der Waals surface area contributed by atoms with E-state index in [4.69, 9.17) is 21.1 Å². The Balaban J connectivity index is 1.23. The van der Waals surface area contributed by atoms with Crippen LogP contribution in [0.25, 0.3) is 0 Å². The molecule has 2 fully saturated rings. The van der Waals surface area contributed by atoms with Gasteiger partial charge in [0.15, 0.2) is 11.5 Å². The maximum absolute atomic E-state index is 13.5. The van der Waals surface area contributed by atoms with Crippen LogP contribution in [0.4, 0.5) is 0 Å². The predicted octanol–water partition coefficient (Wildman–Crippen LogP) is 4.72. The first-order valence-corrected chi connectivity index (χ1v) is 12.2. The Hall–Kier alpha value is -2.73. The number of carbonyl (C=O) groups excluding carboxylic acids is 2. The first kappa shape index (κ1) is 22.1. The highest BCUT2D eigenvalue weighted by Crippen LogP contribution is 2.39. The molecule has 5 rings (SSSR count). The third kappa shape index (κ3) is 4.67. The van der Waals surface area contributed by atoms with Gasteiger partial charge in [0.25, 0.3) is 5.91 Å². The minimum atomic E-state index is -0.0414. The topological polar surface area (TPSA) is 59.1 Å². The summed E-state index contributed by atoms with van der Waals surface area (Å²) in [5.41, 5.74) is 1.75. The second kappa shape index (κ2) is 9.64. The Morgan fingerprint density at radius 2 is 1.58 bits per heavy atom. The number of likely N-dealkylation sites (tertiary alicyclic amines) is 2. The standard InChI is InChI=1S/C26H29ClN2O4/c27-21-7-4-18(5-8-21)25(30)28-13-10-19(11-14-28)26(31)29-12-1-3-22(29)20-6-9-23-24(17-20)33-16-2-15-32-23/h4-9,17,19,22H,1-3,10-16H2. The number of amides is 2. The molecule has 1 atom stereocenters. The maximum atomic E-state index is 13.5. The number of halogens is 1. The molecule has 0 aliphatic carbocycles. The van der Waals surface area contributed by atoms with Gasteiger partial charge in [-0.2, -0.15) is 0 Å². The quantitative estimate of drug-likeness (QED) is 0.654. The van der Waals surface area contributed by atoms with Gasteiger partial charge in [-0.15, -0.1) is 0 Å². The average Bonchev–Trinajstić information content (AvgIpc) is 3.22. The first-order chi connectivity index (χ1) is 16.1. The minimum absolute atomic E-state index is 0.00353. The van der Waals surface area contributed by atoms with Crippen molar-refractivity contribution in [3.05, 3.63) is 58.6 Å². The Kier molecular flexibility index (Phi) is 6.45. The van der Waals surface area contributed by atoms with Gasteiger partial charge in [0.05, 0.1) is 19.3 Å². The molecule has 0 saturated carbocycles. The lowest BCUT2D eigenvalue weighted by Gasteiger charge is -2.35. The van der Waals surface area contributed by atoms with E-state index in [0.717, 1.165) is 42.9 Å². The summed E-state index contributed by atoms with van der Waals surface area (Å²) < 4.78 is 11.6. The van der Waals surface area contributed by atoms with Crippen molar-refractivity contribution in [1.29, 1.82) is 0 Å². The van der Waals surface area contributed by atoms with Crippen LogP contribution in [0.5, 0.6) is 11.5 Å². The van der Waals surface area contributed by atoms with Gasteiger partial charge in [-0.05, 0) is 67.6 Å². The van der Waals surface area contributed by atoms with Crippen LogP contribution >= 0.6 is 11.6 Å². The number of fused-ring (bicyclic) bond motifs is 1. The van der Waals surface area contributed by atoms with E-state index in [1.165, 1.54) is 0 Å². The molecule has 0 N–H and O–H groups in total. The molecule has 1 unspecified atom stereocenters. The highest BCUT2D eigenvalue weighted by molar-refractivity contribution is 6.30. The Morgan fingerprint density at radius 3 is 2.33 bits per heavy atom. The van der Waals surface area contributed by atoms with Gasteiger partial charge in [0.1, 0.15) is 0 Å². The Labute approximate surface area is 199 Å². The van der Waals surface area contributed by atoms with Crippen LogP contribution in [-0.2, 0) is 4.79 Å². The lowest BCUT2D eigenvalue weighted by atomic mass is 9.93. The Morgan fingerprint density at radius 1 is 0.848 bits per heavy atom. The monoisotopic (exact) mass is 468 g/mol. The molecule has 0 spiro atoms. The average molecular weight is 469 g/mol. The van der Waals surface area contributed by atoms with E-state index in [1.807, 2.05) is 21.9 Å². The van der Waals surface area contributed by atoms with Crippen LogP contribution in [-0.4, -0.2) is 54.5 Å². The molecule has 33 heavy (non-hydrogen) atoms. The van der Waals surface area contributed by atoms with Gasteiger partial charge in [0.2, 0.25) is 5.91 Å². The van der Waals surface area contributed by atoms with E-state index < -0.39 is 0 Å². The van der Waals surface area contributed by atoms with Crippen LogP contribution in [0, 0.1) is 5.92 Å². The van der Waals surface area contributed by atoms with Crippen LogP contribution in [0.2, 0.25) is 5.02 Å². The zero-order chi connectivity index (χ0) is 22.8. The molecule has 2 aromatic rings. The van der Waals surface area contributed by atoms with Gasteiger partial charge in [-0.3, -0.25) is 9.59 Å². The summed E-state index contributed by atoms with van der Waals surface area (Å²) in [7, 11) is 0. The lowest BCUT2D eigenvalue weighted by molar-refractivity contribution is -0.137. The summed E-state index contributed by atoms with van der Waals surface area (Å²) >= 11 is 5.94. The van der Waals surface area contributed by atoms with E-state index in [-0.39, 0.29) is 23.8 Å². The van der Waals surface area contributed by atoms with Crippen molar-refractivity contribution >= 4 is 23.4 Å². The predicted molar refractivity (Wildman–Crippen MR) is 126 cm³/mol. The highest BCUT2D eigenvalue weighted by Gasteiger charge is 2.36. The second-order valence-electron chi connectivity index (χ2n) is 9.02. The fourth-order valence-electron chi connectivity index (χ4n) is 5.10. The summed E-state index contributed by atoms with van der Waals surface area (Å²) in [6, 6.07) is 13.1. The second-order valence-corrected chi connectivity index (χ2v) is 9.46. The molecule has 3 aliphatic heterocycles. The SMILES string of the molecule is O=C(c1ccc(Cl)cc1)N1CCC(C(=O)N2CCCC2c2ccc3c(c2)OCCCO3)CC1. The fraction of sp³-hybridized carbons (Fsp3) is 0.462. The molecule has 3 aliphatic rings. The number of hydrogen-bond acceptors (Lipinski definition) is 4. The molecule has 2 saturated heterocycles. The normalized spacial score (nSPS) is 21.1. The molecule has 0 bridgehead atoms. The van der Waals surface area contributed by atoms with E-state index in [0.29, 0.717) is 49.7 Å². The van der Waals surface area contributed by atoms with Crippen molar-refractivity contribution in [3.8, 4) is 11.5 Å². The van der Waals surface area contributed by atoms with Crippen molar-refractivity contribution in [2.45, 2.75) is 38.1 Å². The van der Waals surface area contributed by atoms with Crippen LogP contribution in [0.15, 0.2) is 42.5 Å². The number of hydrogen-bond donors (Lipinski definition) is 0. The summed E-state index contributed by atoms with van der Waals surface area (Å²) in [6.07, 6.45) is 4.22. The summed E-state index contributed by atoms with van der Waals surface area (Å²) in [6.45, 7) is 3.29. The van der Waals surface area contributed by atoms with Gasteiger partial charge in [-0.1, -0.05) is 17.7 Å². The van der Waals surface area contributed by atoms with Crippen molar-refractivity contribution in [2.75, 3.05) is 32.8 Å². The van der Waals surface area contributed by atoms with Crippen LogP contribution < -0.4 is 9.47 Å². The zero-order valence-electron chi connectivity index (χ0n) is 18.7. The molecule has 3 heterocycles. The number of piperidine rings is 1. The zero-order valence-corrected chi connectivity index (χ0v) is 19.4. The lowest BCUT2D eigenvalue weighted by Crippen LogP contribution is -2.44. The molecule has 174 valence electrons. The van der Waals surface area contributed by atoms with Crippen molar-refractivity contribution in [3.63, 3.8) is 0 Å². The van der Waals surface area contributed by atoms with E-state index in [1.54, 1.807) is 24.3 Å². The first-order valence-electron chi connectivity index (χ1n) is 11.8. The maximum Gasteiger partial charge on any atom is 0.253 e. The fourth-order valence-corrected chi connectivity index (χ4v) is 5.23.